The van der Waals surface area contributed by atoms with Crippen molar-refractivity contribution in [3.8, 4) is 0 Å². The van der Waals surface area contributed by atoms with Gasteiger partial charge in [-0.15, -0.1) is 0 Å². The van der Waals surface area contributed by atoms with E-state index in [1.807, 2.05) is 18.2 Å². The van der Waals surface area contributed by atoms with E-state index in [4.69, 9.17) is 11.6 Å². The van der Waals surface area contributed by atoms with Crippen molar-refractivity contribution < 1.29 is 4.79 Å². The Morgan fingerprint density at radius 3 is 3.00 bits per heavy atom. The van der Waals surface area contributed by atoms with E-state index >= 15 is 0 Å². The van der Waals surface area contributed by atoms with Crippen molar-refractivity contribution in [2.75, 3.05) is 19.6 Å². The molecule has 104 valence electrons. The average Bonchev–Trinajstić information content (AvgIpc) is 2.85. The molecule has 0 aromatic heterocycles. The topological polar surface area (TPSA) is 32.3 Å². The first-order chi connectivity index (χ1) is 9.22. The lowest BCUT2D eigenvalue weighted by molar-refractivity contribution is -0.122. The van der Waals surface area contributed by atoms with E-state index in [1.165, 1.54) is 0 Å². The summed E-state index contributed by atoms with van der Waals surface area (Å²) in [5, 5.41) is 3.73. The highest BCUT2D eigenvalue weighted by Gasteiger charge is 2.28. The fourth-order valence-electron chi connectivity index (χ4n) is 2.62. The molecule has 2 rings (SSSR count). The van der Waals surface area contributed by atoms with Gasteiger partial charge in [-0.25, -0.2) is 0 Å². The van der Waals surface area contributed by atoms with E-state index in [1.54, 1.807) is 0 Å². The summed E-state index contributed by atoms with van der Waals surface area (Å²) in [5.41, 5.74) is 1.14. The Balaban J connectivity index is 2.01. The largest absolute Gasteiger partial charge is 0.355 e. The minimum Gasteiger partial charge on any atom is -0.355 e. The van der Waals surface area contributed by atoms with Crippen molar-refractivity contribution in [1.82, 2.24) is 10.2 Å². The first-order valence-electron chi connectivity index (χ1n) is 6.97. The van der Waals surface area contributed by atoms with Crippen molar-refractivity contribution in [2.45, 2.75) is 32.2 Å². The Morgan fingerprint density at radius 1 is 1.47 bits per heavy atom. The van der Waals surface area contributed by atoms with E-state index in [2.05, 4.69) is 23.2 Å². The van der Waals surface area contributed by atoms with Gasteiger partial charge in [0.2, 0.25) is 5.91 Å². The zero-order valence-corrected chi connectivity index (χ0v) is 12.1. The summed E-state index contributed by atoms with van der Waals surface area (Å²) in [5.74, 6) is 0.112. The highest BCUT2D eigenvalue weighted by molar-refractivity contribution is 6.31. The standard InChI is InChI=1S/C15H21ClN2O/c1-2-9-17-15(19)11-18-10-5-8-14(18)12-6-3-4-7-13(12)16/h3-4,6-7,14H,2,5,8-11H2,1H3,(H,17,19). The number of hydrogen-bond acceptors (Lipinski definition) is 2. The van der Waals surface area contributed by atoms with Crippen LogP contribution in [-0.4, -0.2) is 30.4 Å². The number of benzene rings is 1. The van der Waals surface area contributed by atoms with Crippen molar-refractivity contribution in [2.24, 2.45) is 0 Å². The predicted molar refractivity (Wildman–Crippen MR) is 78.3 cm³/mol. The molecule has 1 fully saturated rings. The molecule has 1 aliphatic heterocycles. The van der Waals surface area contributed by atoms with E-state index < -0.39 is 0 Å². The van der Waals surface area contributed by atoms with E-state index in [0.29, 0.717) is 6.54 Å². The highest BCUT2D eigenvalue weighted by Crippen LogP contribution is 2.35. The van der Waals surface area contributed by atoms with Crippen molar-refractivity contribution in [1.29, 1.82) is 0 Å². The number of amides is 1. The number of rotatable bonds is 5. The van der Waals surface area contributed by atoms with Crippen LogP contribution >= 0.6 is 11.6 Å². The smallest absolute Gasteiger partial charge is 0.234 e. The van der Waals surface area contributed by atoms with Crippen LogP contribution in [0.5, 0.6) is 0 Å². The zero-order valence-electron chi connectivity index (χ0n) is 11.4. The van der Waals surface area contributed by atoms with Gasteiger partial charge in [-0.1, -0.05) is 36.7 Å². The molecule has 0 radical (unpaired) electrons. The quantitative estimate of drug-likeness (QED) is 0.899. The number of likely N-dealkylation sites (tertiary alicyclic amines) is 1. The van der Waals surface area contributed by atoms with Gasteiger partial charge in [0.25, 0.3) is 0 Å². The molecule has 1 aromatic rings. The van der Waals surface area contributed by atoms with Gasteiger partial charge in [0.05, 0.1) is 6.54 Å². The summed E-state index contributed by atoms with van der Waals surface area (Å²) in [6.07, 6.45) is 3.17. The maximum absolute atomic E-state index is 11.8. The van der Waals surface area contributed by atoms with Crippen LogP contribution in [0, 0.1) is 0 Å². The molecule has 3 nitrogen and oxygen atoms in total. The van der Waals surface area contributed by atoms with Gasteiger partial charge in [0, 0.05) is 17.6 Å². The van der Waals surface area contributed by atoms with Crippen LogP contribution in [0.4, 0.5) is 0 Å². The van der Waals surface area contributed by atoms with Crippen LogP contribution < -0.4 is 5.32 Å². The van der Waals surface area contributed by atoms with Crippen LogP contribution in [0.15, 0.2) is 24.3 Å². The van der Waals surface area contributed by atoms with E-state index in [0.717, 1.165) is 42.9 Å². The number of carbonyl (C=O) groups excluding carboxylic acids is 1. The summed E-state index contributed by atoms with van der Waals surface area (Å²) in [7, 11) is 0. The molecule has 1 heterocycles. The molecule has 1 saturated heterocycles. The fourth-order valence-corrected chi connectivity index (χ4v) is 2.88. The Labute approximate surface area is 119 Å². The summed E-state index contributed by atoms with van der Waals surface area (Å²) in [4.78, 5) is 14.1. The summed E-state index contributed by atoms with van der Waals surface area (Å²) < 4.78 is 0. The first-order valence-corrected chi connectivity index (χ1v) is 7.35. The SMILES string of the molecule is CCCNC(=O)CN1CCCC1c1ccccc1Cl. The van der Waals surface area contributed by atoms with E-state index in [-0.39, 0.29) is 11.9 Å². The monoisotopic (exact) mass is 280 g/mol. The number of nitrogens with one attached hydrogen (secondary N) is 1. The fraction of sp³-hybridized carbons (Fsp3) is 0.533. The average molecular weight is 281 g/mol. The second-order valence-corrected chi connectivity index (χ2v) is 5.41. The van der Waals surface area contributed by atoms with Gasteiger partial charge in [-0.2, -0.15) is 0 Å². The molecular weight excluding hydrogens is 260 g/mol. The Bertz CT molecular complexity index is 436. The lowest BCUT2D eigenvalue weighted by Crippen LogP contribution is -2.37. The van der Waals surface area contributed by atoms with Crippen LogP contribution in [-0.2, 0) is 4.79 Å². The van der Waals surface area contributed by atoms with Gasteiger partial charge >= 0.3 is 0 Å². The summed E-state index contributed by atoms with van der Waals surface area (Å²) >= 11 is 6.26. The van der Waals surface area contributed by atoms with E-state index in [9.17, 15) is 4.79 Å². The molecule has 0 bridgehead atoms. The molecule has 1 aromatic carbocycles. The maximum atomic E-state index is 11.8. The van der Waals surface area contributed by atoms with Crippen molar-refractivity contribution in [3.63, 3.8) is 0 Å². The molecule has 4 heteroatoms. The third kappa shape index (κ3) is 3.71. The molecule has 0 saturated carbocycles. The van der Waals surface area contributed by atoms with Gasteiger partial charge < -0.3 is 5.32 Å². The number of nitrogens with zero attached hydrogens (tertiary/aromatic N) is 1. The number of carbonyl (C=O) groups is 1. The van der Waals surface area contributed by atoms with Crippen LogP contribution in [0.2, 0.25) is 5.02 Å². The highest BCUT2D eigenvalue weighted by atomic mass is 35.5. The lowest BCUT2D eigenvalue weighted by Gasteiger charge is -2.24. The summed E-state index contributed by atoms with van der Waals surface area (Å²) in [6.45, 7) is 4.25. The van der Waals surface area contributed by atoms with Crippen LogP contribution in [0.25, 0.3) is 0 Å². The second kappa shape index (κ2) is 6.92. The second-order valence-electron chi connectivity index (χ2n) is 5.00. The summed E-state index contributed by atoms with van der Waals surface area (Å²) in [6, 6.07) is 8.22. The van der Waals surface area contributed by atoms with Crippen LogP contribution in [0.1, 0.15) is 37.8 Å². The third-order valence-corrected chi connectivity index (χ3v) is 3.89. The van der Waals surface area contributed by atoms with Crippen molar-refractivity contribution in [3.05, 3.63) is 34.9 Å². The predicted octanol–water partition coefficient (Wildman–Crippen LogP) is 3.00. The maximum Gasteiger partial charge on any atom is 0.234 e. The first kappa shape index (κ1) is 14.4. The number of hydrogen-bond donors (Lipinski definition) is 1. The van der Waals surface area contributed by atoms with Gasteiger partial charge in [-0.3, -0.25) is 9.69 Å². The Kier molecular flexibility index (Phi) is 5.23. The number of halogens is 1. The van der Waals surface area contributed by atoms with Gasteiger partial charge in [0.15, 0.2) is 0 Å². The molecule has 19 heavy (non-hydrogen) atoms. The van der Waals surface area contributed by atoms with Gasteiger partial charge in [0.1, 0.15) is 0 Å². The Morgan fingerprint density at radius 2 is 2.26 bits per heavy atom. The molecule has 1 atom stereocenters. The normalized spacial score (nSPS) is 19.6. The molecular formula is C15H21ClN2O. The minimum absolute atomic E-state index is 0.112. The zero-order chi connectivity index (χ0) is 13.7. The molecule has 1 unspecified atom stereocenters. The van der Waals surface area contributed by atoms with Crippen LogP contribution in [0.3, 0.4) is 0 Å². The molecule has 1 N–H and O–H groups in total. The molecule has 1 amide bonds. The minimum atomic E-state index is 0.112. The van der Waals surface area contributed by atoms with Gasteiger partial charge in [-0.05, 0) is 37.4 Å². The Hall–Kier alpha value is -1.06. The molecule has 1 aliphatic rings. The molecule has 0 spiro atoms. The third-order valence-electron chi connectivity index (χ3n) is 3.55. The van der Waals surface area contributed by atoms with Crippen molar-refractivity contribution >= 4 is 17.5 Å². The lowest BCUT2D eigenvalue weighted by atomic mass is 10.0. The molecule has 0 aliphatic carbocycles.